The summed E-state index contributed by atoms with van der Waals surface area (Å²) in [5.41, 5.74) is 0. The minimum absolute atomic E-state index is 0.0527. The van der Waals surface area contributed by atoms with Crippen LogP contribution in [0.5, 0.6) is 0 Å². The summed E-state index contributed by atoms with van der Waals surface area (Å²) >= 11 is 0. The van der Waals surface area contributed by atoms with E-state index in [2.05, 4.69) is 0 Å². The lowest BCUT2D eigenvalue weighted by Crippen LogP contribution is -2.38. The van der Waals surface area contributed by atoms with Crippen LogP contribution in [0.2, 0.25) is 0 Å². The highest BCUT2D eigenvalue weighted by molar-refractivity contribution is 7.89. The van der Waals surface area contributed by atoms with E-state index in [-0.39, 0.29) is 32.1 Å². The van der Waals surface area contributed by atoms with Gasteiger partial charge in [0.15, 0.2) is 0 Å². The zero-order valence-electron chi connectivity index (χ0n) is 7.26. The molecule has 0 aliphatic rings. The van der Waals surface area contributed by atoms with Crippen LogP contribution in [0.1, 0.15) is 0 Å². The lowest BCUT2D eigenvalue weighted by molar-refractivity contribution is 0.216. The Hall–Kier alpha value is -0.210. The molecule has 7 heteroatoms. The van der Waals surface area contributed by atoms with E-state index in [0.717, 1.165) is 4.31 Å². The van der Waals surface area contributed by atoms with Gasteiger partial charge >= 0.3 is 0 Å². The summed E-state index contributed by atoms with van der Waals surface area (Å²) in [5.74, 6) is -0.382. The van der Waals surface area contributed by atoms with Crippen molar-refractivity contribution in [3.8, 4) is 0 Å². The Balaban J connectivity index is 4.33. The van der Waals surface area contributed by atoms with Gasteiger partial charge in [-0.3, -0.25) is 0 Å². The minimum atomic E-state index is -3.53. The number of nitrogens with zero attached hydrogens (tertiary/aromatic N) is 1. The maximum Gasteiger partial charge on any atom is 0.216 e. The van der Waals surface area contributed by atoms with Gasteiger partial charge in [0.05, 0.1) is 25.6 Å². The first-order valence-corrected chi connectivity index (χ1v) is 5.49. The van der Waals surface area contributed by atoms with Crippen LogP contribution in [-0.2, 0) is 10.0 Å². The van der Waals surface area contributed by atoms with Gasteiger partial charge in [-0.1, -0.05) is 0 Å². The summed E-state index contributed by atoms with van der Waals surface area (Å²) in [7, 11) is -3.53. The summed E-state index contributed by atoms with van der Waals surface area (Å²) in [5, 5.41) is 25.5. The van der Waals surface area contributed by atoms with Gasteiger partial charge in [0, 0.05) is 13.1 Å². The molecule has 0 aromatic rings. The predicted molar refractivity (Wildman–Crippen MR) is 46.6 cm³/mol. The Kier molecular flexibility index (Phi) is 6.17. The lowest BCUT2D eigenvalue weighted by atomic mass is 10.6. The molecule has 0 aromatic heterocycles. The third kappa shape index (κ3) is 4.53. The van der Waals surface area contributed by atoms with Gasteiger partial charge < -0.3 is 15.3 Å². The number of rotatable bonds is 7. The van der Waals surface area contributed by atoms with Crippen molar-refractivity contribution in [2.75, 3.05) is 38.7 Å². The van der Waals surface area contributed by atoms with Gasteiger partial charge in [0.2, 0.25) is 10.0 Å². The van der Waals surface area contributed by atoms with Crippen molar-refractivity contribution >= 4 is 10.0 Å². The third-order valence-electron chi connectivity index (χ3n) is 1.44. The molecule has 3 N–H and O–H groups in total. The molecule has 6 nitrogen and oxygen atoms in total. The first kappa shape index (κ1) is 12.8. The molecule has 0 unspecified atom stereocenters. The summed E-state index contributed by atoms with van der Waals surface area (Å²) in [6, 6.07) is 0. The number of aliphatic hydroxyl groups is 3. The lowest BCUT2D eigenvalue weighted by Gasteiger charge is -2.19. The topological polar surface area (TPSA) is 98.1 Å². The zero-order chi connectivity index (χ0) is 10.3. The molecule has 0 aliphatic carbocycles. The van der Waals surface area contributed by atoms with E-state index < -0.39 is 16.6 Å². The summed E-state index contributed by atoms with van der Waals surface area (Å²) in [4.78, 5) is 0. The second-order valence-electron chi connectivity index (χ2n) is 2.39. The highest BCUT2D eigenvalue weighted by Crippen LogP contribution is 1.99. The molecule has 0 aromatic carbocycles. The van der Waals surface area contributed by atoms with Crippen molar-refractivity contribution in [1.82, 2.24) is 4.31 Å². The Morgan fingerprint density at radius 3 is 1.69 bits per heavy atom. The Morgan fingerprint density at radius 1 is 0.923 bits per heavy atom. The van der Waals surface area contributed by atoms with E-state index in [1.54, 1.807) is 0 Å². The summed E-state index contributed by atoms with van der Waals surface area (Å²) in [6.45, 7) is -1.17. The molecule has 0 amide bonds. The van der Waals surface area contributed by atoms with Crippen LogP contribution >= 0.6 is 0 Å². The number of aliphatic hydroxyl groups excluding tert-OH is 3. The number of hydrogen-bond acceptors (Lipinski definition) is 5. The maximum atomic E-state index is 11.3. The Bertz CT molecular complexity index is 209. The fraction of sp³-hybridized carbons (Fsp3) is 1.00. The molecule has 0 heterocycles. The van der Waals surface area contributed by atoms with Crippen molar-refractivity contribution in [2.45, 2.75) is 0 Å². The van der Waals surface area contributed by atoms with Crippen molar-refractivity contribution in [3.05, 3.63) is 0 Å². The number of sulfonamides is 1. The minimum Gasteiger partial charge on any atom is -0.395 e. The van der Waals surface area contributed by atoms with Gasteiger partial charge in [-0.25, -0.2) is 8.42 Å². The molecule has 0 saturated heterocycles. The molecule has 0 bridgehead atoms. The molecule has 0 radical (unpaired) electrons. The molecule has 0 saturated carbocycles. The maximum absolute atomic E-state index is 11.3. The first-order valence-electron chi connectivity index (χ1n) is 3.89. The fourth-order valence-corrected chi connectivity index (χ4v) is 2.07. The average molecular weight is 213 g/mol. The molecule has 0 spiro atoms. The van der Waals surface area contributed by atoms with Gasteiger partial charge in [-0.15, -0.1) is 0 Å². The van der Waals surface area contributed by atoms with Crippen molar-refractivity contribution in [2.24, 2.45) is 0 Å². The highest BCUT2D eigenvalue weighted by atomic mass is 32.2. The van der Waals surface area contributed by atoms with Gasteiger partial charge in [0.1, 0.15) is 0 Å². The molecular weight excluding hydrogens is 198 g/mol. The van der Waals surface area contributed by atoms with E-state index in [1.165, 1.54) is 0 Å². The molecule has 13 heavy (non-hydrogen) atoms. The molecule has 0 atom stereocenters. The van der Waals surface area contributed by atoms with Crippen LogP contribution in [0, 0.1) is 0 Å². The van der Waals surface area contributed by atoms with E-state index in [0.29, 0.717) is 0 Å². The highest BCUT2D eigenvalue weighted by Gasteiger charge is 2.19. The third-order valence-corrected chi connectivity index (χ3v) is 3.29. The van der Waals surface area contributed by atoms with E-state index in [9.17, 15) is 8.42 Å². The van der Waals surface area contributed by atoms with Crippen LogP contribution in [0.4, 0.5) is 0 Å². The van der Waals surface area contributed by atoms with Crippen LogP contribution < -0.4 is 0 Å². The fourth-order valence-electron chi connectivity index (χ4n) is 0.858. The largest absolute Gasteiger partial charge is 0.395 e. The standard InChI is InChI=1S/C6H15NO5S/c8-3-1-7(2-4-9)13(11,12)6-5-10/h8-10H,1-6H2. The molecule has 80 valence electrons. The summed E-state index contributed by atoms with van der Waals surface area (Å²) < 4.78 is 23.5. The monoisotopic (exact) mass is 213 g/mol. The second-order valence-corrected chi connectivity index (χ2v) is 4.47. The normalized spacial score (nSPS) is 12.3. The van der Waals surface area contributed by atoms with Gasteiger partial charge in [0.25, 0.3) is 0 Å². The van der Waals surface area contributed by atoms with Crippen molar-refractivity contribution < 1.29 is 23.7 Å². The SMILES string of the molecule is O=S(=O)(CCO)N(CCO)CCO. The van der Waals surface area contributed by atoms with E-state index in [4.69, 9.17) is 15.3 Å². The van der Waals surface area contributed by atoms with Crippen LogP contribution in [0.3, 0.4) is 0 Å². The van der Waals surface area contributed by atoms with Crippen molar-refractivity contribution in [1.29, 1.82) is 0 Å². The smallest absolute Gasteiger partial charge is 0.216 e. The molecule has 0 aliphatic heterocycles. The Labute approximate surface area is 77.5 Å². The van der Waals surface area contributed by atoms with E-state index in [1.807, 2.05) is 0 Å². The first-order chi connectivity index (χ1) is 6.08. The molecular formula is C6H15NO5S. The zero-order valence-corrected chi connectivity index (χ0v) is 8.07. The molecule has 0 rings (SSSR count). The van der Waals surface area contributed by atoms with Crippen LogP contribution in [0.25, 0.3) is 0 Å². The molecule has 0 fully saturated rings. The average Bonchev–Trinajstić information content (AvgIpc) is 2.04. The van der Waals surface area contributed by atoms with Gasteiger partial charge in [-0.2, -0.15) is 4.31 Å². The number of hydrogen-bond donors (Lipinski definition) is 3. The predicted octanol–water partition coefficient (Wildman–Crippen LogP) is -2.40. The van der Waals surface area contributed by atoms with E-state index >= 15 is 0 Å². The van der Waals surface area contributed by atoms with Gasteiger partial charge in [-0.05, 0) is 0 Å². The second kappa shape index (κ2) is 6.28. The van der Waals surface area contributed by atoms with Crippen LogP contribution in [-0.4, -0.2) is 66.7 Å². The Morgan fingerprint density at radius 2 is 1.38 bits per heavy atom. The van der Waals surface area contributed by atoms with Crippen LogP contribution in [0.15, 0.2) is 0 Å². The summed E-state index contributed by atoms with van der Waals surface area (Å²) in [6.07, 6.45) is 0. The quantitative estimate of drug-likeness (QED) is 0.438. The van der Waals surface area contributed by atoms with Crippen molar-refractivity contribution in [3.63, 3.8) is 0 Å².